The fourth-order valence-electron chi connectivity index (χ4n) is 1.60. The van der Waals surface area contributed by atoms with Crippen LogP contribution < -0.4 is 5.73 Å². The van der Waals surface area contributed by atoms with Gasteiger partial charge in [-0.3, -0.25) is 4.79 Å². The van der Waals surface area contributed by atoms with E-state index in [1.54, 1.807) is 13.8 Å². The highest BCUT2D eigenvalue weighted by Crippen LogP contribution is 2.40. The second-order valence-electron chi connectivity index (χ2n) is 4.52. The van der Waals surface area contributed by atoms with Crippen LogP contribution in [0.25, 0.3) is 0 Å². The summed E-state index contributed by atoms with van der Waals surface area (Å²) in [6, 6.07) is 1.34. The normalized spacial score (nSPS) is 12.5. The van der Waals surface area contributed by atoms with Crippen molar-refractivity contribution in [2.24, 2.45) is 11.1 Å². The van der Waals surface area contributed by atoms with Crippen molar-refractivity contribution in [2.45, 2.75) is 19.9 Å². The molecule has 4 nitrogen and oxygen atoms in total. The molecule has 0 spiro atoms. The van der Waals surface area contributed by atoms with Gasteiger partial charge in [0.1, 0.15) is 11.6 Å². The van der Waals surface area contributed by atoms with Gasteiger partial charge < -0.3 is 15.6 Å². The van der Waals surface area contributed by atoms with Crippen molar-refractivity contribution >= 4 is 34.3 Å². The van der Waals surface area contributed by atoms with Crippen LogP contribution in [0.2, 0.25) is 0 Å². The van der Waals surface area contributed by atoms with Crippen molar-refractivity contribution in [2.75, 3.05) is 7.11 Å². The summed E-state index contributed by atoms with van der Waals surface area (Å²) in [5.74, 6) is -1.26. The highest BCUT2D eigenvalue weighted by atomic mass is 79.9. The Balaban J connectivity index is 0.00000324. The van der Waals surface area contributed by atoms with E-state index in [1.807, 2.05) is 0 Å². The number of phenols is 1. The Morgan fingerprint density at radius 3 is 2.53 bits per heavy atom. The number of carbonyl (C=O) groups excluding carboxylic acids is 1. The van der Waals surface area contributed by atoms with E-state index in [-0.39, 0.29) is 28.2 Å². The largest absolute Gasteiger partial charge is 0.506 e. The number of esters is 1. The van der Waals surface area contributed by atoms with Crippen LogP contribution in [-0.2, 0) is 9.53 Å². The number of nitrogens with two attached hydrogens (primary N) is 1. The summed E-state index contributed by atoms with van der Waals surface area (Å²) < 4.78 is 18.2. The van der Waals surface area contributed by atoms with Gasteiger partial charge in [0, 0.05) is 11.6 Å². The molecule has 0 unspecified atom stereocenters. The molecular weight excluding hydrogens is 340 g/mol. The minimum Gasteiger partial charge on any atom is -0.506 e. The number of rotatable bonds is 3. The predicted molar refractivity (Wildman–Crippen MR) is 75.7 cm³/mol. The number of carbonyl (C=O) groups is 1. The smallest absolute Gasteiger partial charge is 0.313 e. The summed E-state index contributed by atoms with van der Waals surface area (Å²) in [5.41, 5.74) is 5.01. The summed E-state index contributed by atoms with van der Waals surface area (Å²) in [6.45, 7) is 3.14. The maximum absolute atomic E-state index is 13.3. The maximum atomic E-state index is 13.3. The summed E-state index contributed by atoms with van der Waals surface area (Å²) in [4.78, 5) is 11.6. The quantitative estimate of drug-likeness (QED) is 0.817. The van der Waals surface area contributed by atoms with Crippen LogP contribution in [0.3, 0.4) is 0 Å². The van der Waals surface area contributed by atoms with E-state index in [1.165, 1.54) is 7.11 Å². The van der Waals surface area contributed by atoms with Crippen molar-refractivity contribution in [1.82, 2.24) is 0 Å². The van der Waals surface area contributed by atoms with Gasteiger partial charge in [-0.05, 0) is 41.9 Å². The third kappa shape index (κ3) is 3.58. The van der Waals surface area contributed by atoms with E-state index in [9.17, 15) is 14.3 Å². The Bertz CT molecular complexity index is 482. The van der Waals surface area contributed by atoms with Gasteiger partial charge in [-0.1, -0.05) is 0 Å². The topological polar surface area (TPSA) is 72.5 Å². The molecular formula is C12H16BrClFNO3. The van der Waals surface area contributed by atoms with Crippen molar-refractivity contribution < 1.29 is 19.0 Å². The van der Waals surface area contributed by atoms with Gasteiger partial charge in [0.2, 0.25) is 0 Å². The molecule has 0 saturated heterocycles. The first kappa shape index (κ1) is 18.1. The monoisotopic (exact) mass is 355 g/mol. The second kappa shape index (κ2) is 6.54. The van der Waals surface area contributed by atoms with Gasteiger partial charge in [0.25, 0.3) is 0 Å². The third-order valence-corrected chi connectivity index (χ3v) is 3.49. The van der Waals surface area contributed by atoms with E-state index in [0.29, 0.717) is 0 Å². The van der Waals surface area contributed by atoms with Crippen LogP contribution in [0.15, 0.2) is 16.6 Å². The molecule has 19 heavy (non-hydrogen) atoms. The van der Waals surface area contributed by atoms with E-state index in [0.717, 1.165) is 12.1 Å². The zero-order valence-electron chi connectivity index (χ0n) is 10.7. The summed E-state index contributed by atoms with van der Waals surface area (Å²) in [6.07, 6.45) is 0. The van der Waals surface area contributed by atoms with Gasteiger partial charge in [-0.15, -0.1) is 12.4 Å². The molecule has 3 N–H and O–H groups in total. The van der Waals surface area contributed by atoms with Crippen LogP contribution >= 0.6 is 28.3 Å². The molecule has 108 valence electrons. The molecule has 0 aliphatic heterocycles. The Kier molecular flexibility index (Phi) is 6.25. The first-order valence-corrected chi connectivity index (χ1v) is 6.03. The molecule has 0 saturated carbocycles. The van der Waals surface area contributed by atoms with E-state index in [4.69, 9.17) is 5.73 Å². The summed E-state index contributed by atoms with van der Waals surface area (Å²) in [5, 5.41) is 9.86. The molecule has 1 rings (SSSR count). The van der Waals surface area contributed by atoms with Gasteiger partial charge in [0.05, 0.1) is 17.0 Å². The van der Waals surface area contributed by atoms with E-state index < -0.39 is 23.2 Å². The zero-order valence-corrected chi connectivity index (χ0v) is 13.1. The first-order chi connectivity index (χ1) is 8.21. The number of benzene rings is 1. The zero-order chi connectivity index (χ0) is 14.1. The number of phenolic OH excluding ortho intramolecular Hbond substituents is 1. The Morgan fingerprint density at radius 1 is 1.53 bits per heavy atom. The predicted octanol–water partition coefficient (Wildman–Crippen LogP) is 2.91. The van der Waals surface area contributed by atoms with Gasteiger partial charge >= 0.3 is 5.97 Å². The average molecular weight is 357 g/mol. The SMILES string of the molecule is COC(=O)C(C)(C)[C@H](N)c1cc(F)cc(Br)c1O.Cl. The molecule has 0 aliphatic rings. The van der Waals surface area contributed by atoms with E-state index in [2.05, 4.69) is 20.7 Å². The van der Waals surface area contributed by atoms with E-state index >= 15 is 0 Å². The third-order valence-electron chi connectivity index (χ3n) is 2.88. The molecule has 1 aromatic carbocycles. The molecule has 0 heterocycles. The summed E-state index contributed by atoms with van der Waals surface area (Å²) in [7, 11) is 1.25. The fourth-order valence-corrected chi connectivity index (χ4v) is 2.05. The molecule has 0 amide bonds. The Hall–Kier alpha value is -0.850. The molecule has 1 atom stereocenters. The molecule has 0 fully saturated rings. The lowest BCUT2D eigenvalue weighted by Gasteiger charge is -2.29. The van der Waals surface area contributed by atoms with Crippen molar-refractivity contribution in [3.63, 3.8) is 0 Å². The molecule has 1 aromatic rings. The van der Waals surface area contributed by atoms with Crippen LogP contribution in [0.1, 0.15) is 25.5 Å². The number of hydrogen-bond donors (Lipinski definition) is 2. The molecule has 7 heteroatoms. The number of halogens is 3. The standard InChI is InChI=1S/C12H15BrFNO3.ClH/c1-12(2,11(17)18-3)10(15)7-4-6(14)5-8(13)9(7)16;/h4-5,10,16H,15H2,1-3H3;1H/t10-;/m1./s1. The number of aromatic hydroxyl groups is 1. The van der Waals surface area contributed by atoms with Crippen LogP contribution in [0, 0.1) is 11.2 Å². The lowest BCUT2D eigenvalue weighted by molar-refractivity contribution is -0.152. The Morgan fingerprint density at radius 2 is 2.05 bits per heavy atom. The minimum absolute atomic E-state index is 0. The number of methoxy groups -OCH3 is 1. The fraction of sp³-hybridized carbons (Fsp3) is 0.417. The van der Waals surface area contributed by atoms with Crippen molar-refractivity contribution in [3.8, 4) is 5.75 Å². The van der Waals surface area contributed by atoms with Gasteiger partial charge in [-0.25, -0.2) is 4.39 Å². The average Bonchev–Trinajstić information content (AvgIpc) is 2.31. The molecule has 0 radical (unpaired) electrons. The van der Waals surface area contributed by atoms with Crippen LogP contribution in [0.4, 0.5) is 4.39 Å². The van der Waals surface area contributed by atoms with Gasteiger partial charge in [0.15, 0.2) is 0 Å². The Labute approximate surface area is 125 Å². The van der Waals surface area contributed by atoms with Crippen molar-refractivity contribution in [1.29, 1.82) is 0 Å². The number of hydrogen-bond acceptors (Lipinski definition) is 4. The molecule has 0 aliphatic carbocycles. The lowest BCUT2D eigenvalue weighted by Crippen LogP contribution is -2.37. The van der Waals surface area contributed by atoms with Crippen LogP contribution in [0.5, 0.6) is 5.75 Å². The number of ether oxygens (including phenoxy) is 1. The highest BCUT2D eigenvalue weighted by Gasteiger charge is 2.38. The molecule has 0 aromatic heterocycles. The van der Waals surface area contributed by atoms with Gasteiger partial charge in [-0.2, -0.15) is 0 Å². The second-order valence-corrected chi connectivity index (χ2v) is 5.37. The summed E-state index contributed by atoms with van der Waals surface area (Å²) >= 11 is 3.02. The van der Waals surface area contributed by atoms with Crippen molar-refractivity contribution in [3.05, 3.63) is 28.0 Å². The van der Waals surface area contributed by atoms with Crippen LogP contribution in [-0.4, -0.2) is 18.2 Å². The first-order valence-electron chi connectivity index (χ1n) is 5.23. The highest BCUT2D eigenvalue weighted by molar-refractivity contribution is 9.10. The lowest BCUT2D eigenvalue weighted by atomic mass is 9.80. The minimum atomic E-state index is -1.08. The molecule has 0 bridgehead atoms. The maximum Gasteiger partial charge on any atom is 0.313 e.